The van der Waals surface area contributed by atoms with Gasteiger partial charge in [0.05, 0.1) is 0 Å². The molecule has 4 aliphatic rings. The van der Waals surface area contributed by atoms with Crippen LogP contribution in [0.3, 0.4) is 0 Å². The third-order valence-electron chi connectivity index (χ3n) is 9.63. The average molecular weight is 689 g/mol. The van der Waals surface area contributed by atoms with E-state index in [1.54, 1.807) is 12.2 Å². The molecule has 0 radical (unpaired) electrons. The zero-order valence-corrected chi connectivity index (χ0v) is 31.5. The van der Waals surface area contributed by atoms with Crippen molar-refractivity contribution in [3.8, 4) is 11.5 Å². The fraction of sp³-hybridized carbons (Fsp3) is 0.422. The van der Waals surface area contributed by atoms with Gasteiger partial charge in [-0.2, -0.15) is 0 Å². The lowest BCUT2D eigenvalue weighted by molar-refractivity contribution is -0.127. The average Bonchev–Trinajstić information content (AvgIpc) is 3.67. The fourth-order valence-corrected chi connectivity index (χ4v) is 6.56. The minimum absolute atomic E-state index is 0.126. The molecule has 0 atom stereocenters. The molecule has 51 heavy (non-hydrogen) atoms. The molecule has 6 nitrogen and oxygen atoms in total. The molecule has 2 aromatic carbocycles. The van der Waals surface area contributed by atoms with Gasteiger partial charge in [0.15, 0.2) is 0 Å². The van der Waals surface area contributed by atoms with Crippen LogP contribution in [-0.4, -0.2) is 59.0 Å². The van der Waals surface area contributed by atoms with E-state index in [2.05, 4.69) is 102 Å². The quantitative estimate of drug-likeness (QED) is 0.205. The van der Waals surface area contributed by atoms with Crippen molar-refractivity contribution in [3.63, 3.8) is 0 Å². The summed E-state index contributed by atoms with van der Waals surface area (Å²) >= 11 is 0. The summed E-state index contributed by atoms with van der Waals surface area (Å²) in [6.07, 6.45) is 27.6. The Morgan fingerprint density at radius 2 is 1.00 bits per heavy atom. The van der Waals surface area contributed by atoms with E-state index < -0.39 is 0 Å². The Kier molecular flexibility index (Phi) is 12.6. The maximum absolute atomic E-state index is 12.3. The molecule has 2 saturated heterocycles. The lowest BCUT2D eigenvalue weighted by Gasteiger charge is -2.27. The van der Waals surface area contributed by atoms with E-state index in [0.29, 0.717) is 0 Å². The maximum Gasteiger partial charge on any atom is 0.246 e. The van der Waals surface area contributed by atoms with Gasteiger partial charge in [0.1, 0.15) is 22.7 Å². The number of amides is 2. The largest absolute Gasteiger partial charge is 0.483 e. The molecular formula is C45H56N2O4. The van der Waals surface area contributed by atoms with E-state index in [-0.39, 0.29) is 23.0 Å². The van der Waals surface area contributed by atoms with Crippen LogP contribution < -0.4 is 9.47 Å². The van der Waals surface area contributed by atoms with Gasteiger partial charge >= 0.3 is 0 Å². The predicted molar refractivity (Wildman–Crippen MR) is 211 cm³/mol. The highest BCUT2D eigenvalue weighted by atomic mass is 16.5. The first-order valence-electron chi connectivity index (χ1n) is 18.8. The Morgan fingerprint density at radius 1 is 0.608 bits per heavy atom. The number of fused-ring (bicyclic) bond motifs is 2. The van der Waals surface area contributed by atoms with Crippen LogP contribution in [0.15, 0.2) is 84.0 Å². The summed E-state index contributed by atoms with van der Waals surface area (Å²) in [4.78, 5) is 28.3. The first-order chi connectivity index (χ1) is 24.4. The van der Waals surface area contributed by atoms with Gasteiger partial charge in [0, 0.05) is 49.5 Å². The number of nitrogens with zero attached hydrogens (tertiary/aromatic N) is 2. The van der Waals surface area contributed by atoms with E-state index in [1.807, 2.05) is 34.1 Å². The van der Waals surface area contributed by atoms with Gasteiger partial charge in [0.25, 0.3) is 0 Å². The monoisotopic (exact) mass is 688 g/mol. The highest BCUT2D eigenvalue weighted by molar-refractivity contribution is 5.89. The van der Waals surface area contributed by atoms with Gasteiger partial charge in [-0.3, -0.25) is 9.59 Å². The van der Waals surface area contributed by atoms with Crippen LogP contribution >= 0.6 is 0 Å². The van der Waals surface area contributed by atoms with Gasteiger partial charge in [-0.15, -0.1) is 0 Å². The number of allylic oxidation sites excluding steroid dienone is 4. The van der Waals surface area contributed by atoms with Gasteiger partial charge in [-0.05, 0) is 131 Å². The summed E-state index contributed by atoms with van der Waals surface area (Å²) in [5.74, 6) is 2.10. The molecule has 0 saturated carbocycles. The minimum atomic E-state index is -0.253. The Bertz CT molecular complexity index is 1740. The number of hydrogen-bond acceptors (Lipinski definition) is 4. The minimum Gasteiger partial charge on any atom is -0.483 e. The zero-order valence-electron chi connectivity index (χ0n) is 31.5. The second kappa shape index (κ2) is 17.1. The zero-order chi connectivity index (χ0) is 36.4. The third kappa shape index (κ3) is 11.0. The van der Waals surface area contributed by atoms with Gasteiger partial charge in [-0.1, -0.05) is 62.4 Å². The van der Waals surface area contributed by atoms with Crippen molar-refractivity contribution in [1.82, 2.24) is 9.80 Å². The standard InChI is InChI=1S/C23H29NO2.C22H27NO2/c1-4-18(9-11-22(25)24-14-6-5-7-15-24)16-19-8-10-21-20(17-19)12-13-23(2,3)26-21;1-4-17(8-10-21(24)23-13-5-6-14-23)15-18-7-9-20-19(16-18)11-12-22(2,3)25-20/h8-13,16-17H,4-7,14-15H2,1-3H3;7-12,15-16H,4-6,13-14H2,1-3H3/b11-9+,18-16+;10-8+,17-15+. The van der Waals surface area contributed by atoms with Crippen LogP contribution in [0.5, 0.6) is 11.5 Å². The van der Waals surface area contributed by atoms with E-state index in [4.69, 9.17) is 9.47 Å². The summed E-state index contributed by atoms with van der Waals surface area (Å²) in [6.45, 7) is 16.0. The van der Waals surface area contributed by atoms with Gasteiger partial charge in [0.2, 0.25) is 11.8 Å². The summed E-state index contributed by atoms with van der Waals surface area (Å²) in [5, 5.41) is 0. The molecule has 0 aromatic heterocycles. The Labute approximate surface area is 305 Å². The molecule has 0 N–H and O–H groups in total. The van der Waals surface area contributed by atoms with Crippen molar-refractivity contribution < 1.29 is 19.1 Å². The summed E-state index contributed by atoms with van der Waals surface area (Å²) in [6, 6.07) is 12.5. The molecule has 0 aliphatic carbocycles. The Balaban J connectivity index is 0.000000198. The van der Waals surface area contributed by atoms with Crippen LogP contribution in [0.4, 0.5) is 0 Å². The number of ether oxygens (including phenoxy) is 2. The Morgan fingerprint density at radius 3 is 1.39 bits per heavy atom. The number of hydrogen-bond donors (Lipinski definition) is 0. The van der Waals surface area contributed by atoms with E-state index in [9.17, 15) is 9.59 Å². The van der Waals surface area contributed by atoms with E-state index in [1.165, 1.54) is 6.42 Å². The van der Waals surface area contributed by atoms with Crippen molar-refractivity contribution >= 4 is 36.1 Å². The van der Waals surface area contributed by atoms with Crippen molar-refractivity contribution in [1.29, 1.82) is 0 Å². The number of benzene rings is 2. The highest BCUT2D eigenvalue weighted by Gasteiger charge is 2.22. The van der Waals surface area contributed by atoms with Crippen molar-refractivity contribution in [2.45, 2.75) is 97.7 Å². The summed E-state index contributed by atoms with van der Waals surface area (Å²) in [7, 11) is 0. The summed E-state index contributed by atoms with van der Waals surface area (Å²) in [5.41, 5.74) is 6.24. The molecule has 4 heterocycles. The molecule has 0 unspecified atom stereocenters. The van der Waals surface area contributed by atoms with Crippen molar-refractivity contribution in [3.05, 3.63) is 106 Å². The molecule has 2 aromatic rings. The number of piperidine rings is 1. The second-order valence-electron chi connectivity index (χ2n) is 14.9. The van der Waals surface area contributed by atoms with Crippen molar-refractivity contribution in [2.24, 2.45) is 0 Å². The number of carbonyl (C=O) groups is 2. The maximum atomic E-state index is 12.3. The molecule has 2 amide bonds. The third-order valence-corrected chi connectivity index (χ3v) is 9.63. The molecular weight excluding hydrogens is 633 g/mol. The van der Waals surface area contributed by atoms with Gasteiger partial charge < -0.3 is 19.3 Å². The number of carbonyl (C=O) groups excluding carboxylic acids is 2. The molecule has 6 rings (SSSR count). The van der Waals surface area contributed by atoms with Crippen LogP contribution in [0, 0.1) is 0 Å². The van der Waals surface area contributed by atoms with Crippen molar-refractivity contribution in [2.75, 3.05) is 26.2 Å². The molecule has 270 valence electrons. The molecule has 6 heteroatoms. The SMILES string of the molecule is CCC(/C=C/C(=O)N1CCCC1)=C\c1ccc2c(c1)C=CC(C)(C)O2.CCC(/C=C/C(=O)N1CCCCC1)=C\c1ccc2c(c1)C=CC(C)(C)O2. The van der Waals surface area contributed by atoms with E-state index in [0.717, 1.165) is 110 Å². The van der Waals surface area contributed by atoms with Crippen LogP contribution in [0.25, 0.3) is 24.3 Å². The Hall–Kier alpha value is -4.58. The molecule has 4 aliphatic heterocycles. The topological polar surface area (TPSA) is 59.1 Å². The lowest BCUT2D eigenvalue weighted by atomic mass is 9.99. The first kappa shape index (κ1) is 37.7. The lowest BCUT2D eigenvalue weighted by Crippen LogP contribution is -2.34. The van der Waals surface area contributed by atoms with Gasteiger partial charge in [-0.25, -0.2) is 0 Å². The van der Waals surface area contributed by atoms with Crippen LogP contribution in [0.2, 0.25) is 0 Å². The molecule has 2 fully saturated rings. The number of likely N-dealkylation sites (tertiary alicyclic amines) is 2. The highest BCUT2D eigenvalue weighted by Crippen LogP contribution is 2.33. The smallest absolute Gasteiger partial charge is 0.246 e. The normalized spacial score (nSPS) is 19.3. The second-order valence-corrected chi connectivity index (χ2v) is 14.9. The first-order valence-corrected chi connectivity index (χ1v) is 18.8. The molecule has 0 spiro atoms. The number of rotatable bonds is 8. The fourth-order valence-electron chi connectivity index (χ4n) is 6.56. The molecule has 0 bridgehead atoms. The van der Waals surface area contributed by atoms with Crippen LogP contribution in [0.1, 0.15) is 109 Å². The summed E-state index contributed by atoms with van der Waals surface area (Å²) < 4.78 is 11.9. The van der Waals surface area contributed by atoms with E-state index >= 15 is 0 Å². The van der Waals surface area contributed by atoms with Crippen LogP contribution in [-0.2, 0) is 9.59 Å². The predicted octanol–water partition coefficient (Wildman–Crippen LogP) is 10.1.